The van der Waals surface area contributed by atoms with Crippen molar-refractivity contribution in [2.24, 2.45) is 5.73 Å². The smallest absolute Gasteiger partial charge is 0.0515 e. The summed E-state index contributed by atoms with van der Waals surface area (Å²) in [7, 11) is 0. The molecule has 0 spiro atoms. The van der Waals surface area contributed by atoms with E-state index in [-0.39, 0.29) is 6.04 Å². The van der Waals surface area contributed by atoms with Gasteiger partial charge in [-0.15, -0.1) is 0 Å². The van der Waals surface area contributed by atoms with Gasteiger partial charge in [0.1, 0.15) is 0 Å². The van der Waals surface area contributed by atoms with Gasteiger partial charge < -0.3 is 10.3 Å². The van der Waals surface area contributed by atoms with Crippen LogP contribution in [0.2, 0.25) is 0 Å². The average molecular weight is 228 g/mol. The fourth-order valence-electron chi connectivity index (χ4n) is 3.10. The lowest BCUT2D eigenvalue weighted by atomic mass is 9.97. The summed E-state index contributed by atoms with van der Waals surface area (Å²) < 4.78 is 2.46. The maximum atomic E-state index is 5.90. The number of rotatable bonds is 2. The van der Waals surface area contributed by atoms with Gasteiger partial charge in [0.15, 0.2) is 0 Å². The molecule has 17 heavy (non-hydrogen) atoms. The summed E-state index contributed by atoms with van der Waals surface area (Å²) in [6.07, 6.45) is 3.46. The first-order chi connectivity index (χ1) is 8.15. The minimum atomic E-state index is 0.242. The van der Waals surface area contributed by atoms with Crippen molar-refractivity contribution in [3.05, 3.63) is 35.0 Å². The van der Waals surface area contributed by atoms with E-state index in [4.69, 9.17) is 5.73 Å². The zero-order valence-electron chi connectivity index (χ0n) is 10.7. The van der Waals surface area contributed by atoms with Crippen molar-refractivity contribution in [1.82, 2.24) is 4.57 Å². The van der Waals surface area contributed by atoms with Gasteiger partial charge in [-0.25, -0.2) is 0 Å². The Morgan fingerprint density at radius 2 is 2.18 bits per heavy atom. The van der Waals surface area contributed by atoms with Crippen molar-refractivity contribution < 1.29 is 0 Å². The first-order valence-electron chi connectivity index (χ1n) is 6.52. The third kappa shape index (κ3) is 1.77. The van der Waals surface area contributed by atoms with Crippen LogP contribution in [0.4, 0.5) is 0 Å². The highest BCUT2D eigenvalue weighted by Crippen LogP contribution is 2.30. The number of hydrogen-bond acceptors (Lipinski definition) is 1. The van der Waals surface area contributed by atoms with Crippen molar-refractivity contribution in [2.45, 2.75) is 45.7 Å². The van der Waals surface area contributed by atoms with Gasteiger partial charge in [-0.05, 0) is 56.4 Å². The normalized spacial score (nSPS) is 16.4. The number of nitrogens with two attached hydrogens (primary N) is 1. The first kappa shape index (κ1) is 10.8. The van der Waals surface area contributed by atoms with E-state index in [0.29, 0.717) is 0 Å². The fourth-order valence-corrected chi connectivity index (χ4v) is 3.10. The molecule has 2 aromatic rings. The summed E-state index contributed by atoms with van der Waals surface area (Å²) in [5, 5.41) is 1.40. The summed E-state index contributed by atoms with van der Waals surface area (Å²) in [5.41, 5.74) is 11.7. The number of aryl methyl sites for hydroxylation is 3. The van der Waals surface area contributed by atoms with Crippen LogP contribution in [-0.4, -0.2) is 10.6 Å². The van der Waals surface area contributed by atoms with Crippen molar-refractivity contribution >= 4 is 10.9 Å². The van der Waals surface area contributed by atoms with Gasteiger partial charge in [0.25, 0.3) is 0 Å². The molecule has 1 atom stereocenters. The van der Waals surface area contributed by atoms with Gasteiger partial charge in [0.05, 0.1) is 5.52 Å². The zero-order valence-corrected chi connectivity index (χ0v) is 10.7. The van der Waals surface area contributed by atoms with E-state index in [2.05, 4.69) is 36.6 Å². The molecule has 0 amide bonds. The molecule has 1 aliphatic rings. The zero-order chi connectivity index (χ0) is 12.0. The van der Waals surface area contributed by atoms with E-state index < -0.39 is 0 Å². The monoisotopic (exact) mass is 228 g/mol. The standard InChI is InChI=1S/C15H20N2/c1-10(16)6-12-8-13-4-3-5-17-11(2)7-14(9-12)15(13)17/h7-10H,3-6,16H2,1-2H3. The second-order valence-corrected chi connectivity index (χ2v) is 5.42. The maximum absolute atomic E-state index is 5.90. The number of hydrogen-bond donors (Lipinski definition) is 1. The number of benzene rings is 1. The molecule has 0 saturated carbocycles. The molecule has 1 unspecified atom stereocenters. The van der Waals surface area contributed by atoms with E-state index in [1.54, 1.807) is 0 Å². The summed E-state index contributed by atoms with van der Waals surface area (Å²) >= 11 is 0. The number of nitrogens with zero attached hydrogens (tertiary/aromatic N) is 1. The van der Waals surface area contributed by atoms with Gasteiger partial charge in [0.2, 0.25) is 0 Å². The molecule has 2 N–H and O–H groups in total. The average Bonchev–Trinajstić information content (AvgIpc) is 2.56. The van der Waals surface area contributed by atoms with Crippen LogP contribution < -0.4 is 5.73 Å². The summed E-state index contributed by atoms with van der Waals surface area (Å²) in [4.78, 5) is 0. The second-order valence-electron chi connectivity index (χ2n) is 5.42. The van der Waals surface area contributed by atoms with Crippen LogP contribution in [0.25, 0.3) is 10.9 Å². The molecular weight excluding hydrogens is 208 g/mol. The van der Waals surface area contributed by atoms with Crippen LogP contribution >= 0.6 is 0 Å². The van der Waals surface area contributed by atoms with E-state index in [0.717, 1.165) is 6.42 Å². The maximum Gasteiger partial charge on any atom is 0.0515 e. The Hall–Kier alpha value is -1.28. The molecule has 90 valence electrons. The highest BCUT2D eigenvalue weighted by Gasteiger charge is 2.15. The van der Waals surface area contributed by atoms with Crippen molar-refractivity contribution in [3.63, 3.8) is 0 Å². The minimum Gasteiger partial charge on any atom is -0.345 e. The Morgan fingerprint density at radius 1 is 1.35 bits per heavy atom. The predicted molar refractivity (Wildman–Crippen MR) is 72.3 cm³/mol. The Kier molecular flexibility index (Phi) is 2.48. The predicted octanol–water partition coefficient (Wildman–Crippen LogP) is 2.79. The molecule has 0 fully saturated rings. The Morgan fingerprint density at radius 3 is 2.94 bits per heavy atom. The quantitative estimate of drug-likeness (QED) is 0.842. The van der Waals surface area contributed by atoms with Crippen LogP contribution in [0.3, 0.4) is 0 Å². The van der Waals surface area contributed by atoms with E-state index >= 15 is 0 Å². The van der Waals surface area contributed by atoms with Crippen molar-refractivity contribution in [1.29, 1.82) is 0 Å². The Labute approximate surface area is 102 Å². The molecular formula is C15H20N2. The third-order valence-electron chi connectivity index (χ3n) is 3.72. The molecule has 2 heterocycles. The lowest BCUT2D eigenvalue weighted by Gasteiger charge is -2.18. The molecule has 1 aromatic carbocycles. The molecule has 0 saturated heterocycles. The van der Waals surface area contributed by atoms with Crippen molar-refractivity contribution in [2.75, 3.05) is 0 Å². The number of aromatic nitrogens is 1. The van der Waals surface area contributed by atoms with Crippen LogP contribution in [0.1, 0.15) is 30.2 Å². The molecule has 0 radical (unpaired) electrons. The van der Waals surface area contributed by atoms with Crippen LogP contribution in [0.5, 0.6) is 0 Å². The largest absolute Gasteiger partial charge is 0.345 e. The SMILES string of the molecule is Cc1cc2cc(CC(C)N)cc3c2n1CCC3. The molecule has 1 aliphatic heterocycles. The Bertz CT molecular complexity index is 564. The van der Waals surface area contributed by atoms with E-state index in [1.807, 2.05) is 0 Å². The highest BCUT2D eigenvalue weighted by atomic mass is 15.0. The third-order valence-corrected chi connectivity index (χ3v) is 3.72. The van der Waals surface area contributed by atoms with Gasteiger partial charge in [-0.2, -0.15) is 0 Å². The van der Waals surface area contributed by atoms with Crippen LogP contribution in [-0.2, 0) is 19.4 Å². The van der Waals surface area contributed by atoms with Gasteiger partial charge in [0, 0.05) is 23.7 Å². The van der Waals surface area contributed by atoms with Gasteiger partial charge >= 0.3 is 0 Å². The van der Waals surface area contributed by atoms with Gasteiger partial charge in [-0.3, -0.25) is 0 Å². The summed E-state index contributed by atoms with van der Waals surface area (Å²) in [5.74, 6) is 0. The van der Waals surface area contributed by atoms with Crippen molar-refractivity contribution in [3.8, 4) is 0 Å². The molecule has 3 rings (SSSR count). The van der Waals surface area contributed by atoms with E-state index in [1.165, 1.54) is 47.1 Å². The highest BCUT2D eigenvalue weighted by molar-refractivity contribution is 5.85. The molecule has 1 aromatic heterocycles. The molecule has 0 bridgehead atoms. The van der Waals surface area contributed by atoms with Crippen LogP contribution in [0.15, 0.2) is 18.2 Å². The molecule has 2 heteroatoms. The topological polar surface area (TPSA) is 30.9 Å². The summed E-state index contributed by atoms with van der Waals surface area (Å²) in [6.45, 7) is 5.46. The lowest BCUT2D eigenvalue weighted by molar-refractivity contribution is 0.622. The lowest BCUT2D eigenvalue weighted by Crippen LogP contribution is -2.18. The van der Waals surface area contributed by atoms with Crippen LogP contribution in [0, 0.1) is 6.92 Å². The second kappa shape index (κ2) is 3.88. The Balaban J connectivity index is 2.19. The fraction of sp³-hybridized carbons (Fsp3) is 0.467. The van der Waals surface area contributed by atoms with E-state index in [9.17, 15) is 0 Å². The molecule has 2 nitrogen and oxygen atoms in total. The minimum absolute atomic E-state index is 0.242. The van der Waals surface area contributed by atoms with Gasteiger partial charge in [-0.1, -0.05) is 6.07 Å². The first-order valence-corrected chi connectivity index (χ1v) is 6.52. The molecule has 0 aliphatic carbocycles. The summed E-state index contributed by atoms with van der Waals surface area (Å²) in [6, 6.07) is 7.23.